The average Bonchev–Trinajstić information content (AvgIpc) is 3.61. The van der Waals surface area contributed by atoms with Gasteiger partial charge in [0.15, 0.2) is 5.58 Å². The maximum atomic E-state index is 6.11. The summed E-state index contributed by atoms with van der Waals surface area (Å²) in [4.78, 5) is 7.17. The second-order valence-electron chi connectivity index (χ2n) is 12.1. The molecule has 1 aromatic heterocycles. The molecule has 0 aliphatic heterocycles. The van der Waals surface area contributed by atoms with E-state index in [0.717, 1.165) is 55.6 Å². The van der Waals surface area contributed by atoms with Gasteiger partial charge < -0.3 is 9.32 Å². The smallest absolute Gasteiger partial charge is 0.227 e. The molecule has 0 spiro atoms. The van der Waals surface area contributed by atoms with Crippen LogP contribution in [0.4, 0.5) is 17.1 Å². The number of rotatable bonds is 6. The van der Waals surface area contributed by atoms with E-state index in [1.165, 1.54) is 21.9 Å². The van der Waals surface area contributed by atoms with E-state index >= 15 is 0 Å². The van der Waals surface area contributed by atoms with E-state index < -0.39 is 0 Å². The van der Waals surface area contributed by atoms with E-state index in [4.69, 9.17) is 9.40 Å². The first-order valence-corrected chi connectivity index (χ1v) is 16.2. The molecule has 0 saturated carbocycles. The Bertz CT molecular complexity index is 2540. The number of anilines is 3. The maximum Gasteiger partial charge on any atom is 0.227 e. The van der Waals surface area contributed by atoms with Gasteiger partial charge in [-0.15, -0.1) is 0 Å². The number of benzene rings is 8. The van der Waals surface area contributed by atoms with Crippen molar-refractivity contribution in [2.75, 3.05) is 4.90 Å². The highest BCUT2D eigenvalue weighted by Crippen LogP contribution is 2.38. The molecule has 0 fully saturated rings. The van der Waals surface area contributed by atoms with Gasteiger partial charge in [0.05, 0.1) is 0 Å². The Morgan fingerprint density at radius 1 is 0.375 bits per heavy atom. The van der Waals surface area contributed by atoms with Crippen LogP contribution in [-0.2, 0) is 0 Å². The van der Waals surface area contributed by atoms with Crippen molar-refractivity contribution in [1.82, 2.24) is 4.98 Å². The highest BCUT2D eigenvalue weighted by Gasteiger charge is 2.15. The van der Waals surface area contributed by atoms with Crippen molar-refractivity contribution >= 4 is 49.7 Å². The standard InChI is InChI=1S/C45H30N2O/c1-3-10-34(11-4-1)45-46-44-42-27-21-37(30-38(42)22-28-43(44)48-45)33-19-25-41(26-20-33)47(39-13-5-2-6-14-39)40-23-17-32(18-24-40)36-16-15-31-9-7-8-12-35(31)29-36/h1-30H. The first-order valence-electron chi connectivity index (χ1n) is 16.2. The number of para-hydroxylation sites is 1. The number of hydrogen-bond donors (Lipinski definition) is 0. The van der Waals surface area contributed by atoms with Crippen molar-refractivity contribution in [3.63, 3.8) is 0 Å². The van der Waals surface area contributed by atoms with Gasteiger partial charge in [0, 0.05) is 28.0 Å². The summed E-state index contributed by atoms with van der Waals surface area (Å²) in [5, 5.41) is 4.72. The molecule has 1 heterocycles. The SMILES string of the molecule is c1ccc(-c2nc3c(ccc4cc(-c5ccc(N(c6ccccc6)c6ccc(-c7ccc8ccccc8c7)cc6)cc5)ccc43)o2)cc1. The first-order chi connectivity index (χ1) is 23.8. The van der Waals surface area contributed by atoms with Crippen LogP contribution in [0.5, 0.6) is 0 Å². The predicted molar refractivity (Wildman–Crippen MR) is 200 cm³/mol. The molecule has 8 aromatic carbocycles. The minimum atomic E-state index is 0.643. The second-order valence-corrected chi connectivity index (χ2v) is 12.1. The molecule has 0 saturated heterocycles. The summed E-state index contributed by atoms with van der Waals surface area (Å²) in [6, 6.07) is 64.1. The molecule has 9 rings (SSSR count). The molecule has 226 valence electrons. The van der Waals surface area contributed by atoms with Gasteiger partial charge in [-0.05, 0) is 105 Å². The zero-order valence-electron chi connectivity index (χ0n) is 26.1. The fourth-order valence-corrected chi connectivity index (χ4v) is 6.60. The fraction of sp³-hybridized carbons (Fsp3) is 0. The van der Waals surface area contributed by atoms with Gasteiger partial charge in [0.1, 0.15) is 5.52 Å². The van der Waals surface area contributed by atoms with E-state index in [1.807, 2.05) is 36.4 Å². The first kappa shape index (κ1) is 27.8. The van der Waals surface area contributed by atoms with E-state index in [1.54, 1.807) is 0 Å². The summed E-state index contributed by atoms with van der Waals surface area (Å²) in [7, 11) is 0. The Morgan fingerprint density at radius 2 is 0.896 bits per heavy atom. The van der Waals surface area contributed by atoms with Gasteiger partial charge in [0.2, 0.25) is 5.89 Å². The molecule has 9 aromatic rings. The van der Waals surface area contributed by atoms with Crippen LogP contribution in [0.15, 0.2) is 186 Å². The zero-order valence-corrected chi connectivity index (χ0v) is 26.1. The van der Waals surface area contributed by atoms with Crippen LogP contribution in [0.1, 0.15) is 0 Å². The highest BCUT2D eigenvalue weighted by molar-refractivity contribution is 6.05. The number of hydrogen-bond acceptors (Lipinski definition) is 3. The highest BCUT2D eigenvalue weighted by atomic mass is 16.3. The van der Waals surface area contributed by atoms with Gasteiger partial charge in [-0.1, -0.05) is 115 Å². The third-order valence-electron chi connectivity index (χ3n) is 9.08. The summed E-state index contributed by atoms with van der Waals surface area (Å²) in [5.74, 6) is 0.643. The molecule has 0 radical (unpaired) electrons. The third kappa shape index (κ3) is 5.08. The van der Waals surface area contributed by atoms with Crippen LogP contribution in [0.25, 0.3) is 66.4 Å². The summed E-state index contributed by atoms with van der Waals surface area (Å²) in [5.41, 5.74) is 10.7. The molecule has 0 aliphatic rings. The molecule has 0 N–H and O–H groups in total. The van der Waals surface area contributed by atoms with E-state index in [-0.39, 0.29) is 0 Å². The van der Waals surface area contributed by atoms with Gasteiger partial charge in [0.25, 0.3) is 0 Å². The van der Waals surface area contributed by atoms with Gasteiger partial charge in [-0.2, -0.15) is 0 Å². The quantitative estimate of drug-likeness (QED) is 0.187. The van der Waals surface area contributed by atoms with Crippen molar-refractivity contribution in [2.24, 2.45) is 0 Å². The van der Waals surface area contributed by atoms with Crippen molar-refractivity contribution in [3.8, 4) is 33.7 Å². The largest absolute Gasteiger partial charge is 0.436 e. The average molecular weight is 615 g/mol. The van der Waals surface area contributed by atoms with Crippen LogP contribution in [-0.4, -0.2) is 4.98 Å². The number of oxazole rings is 1. The molecule has 3 nitrogen and oxygen atoms in total. The number of aromatic nitrogens is 1. The number of nitrogens with zero attached hydrogens (tertiary/aromatic N) is 2. The monoisotopic (exact) mass is 614 g/mol. The van der Waals surface area contributed by atoms with E-state index in [0.29, 0.717) is 5.89 Å². The lowest BCUT2D eigenvalue weighted by atomic mass is 10.00. The molecule has 0 aliphatic carbocycles. The van der Waals surface area contributed by atoms with Gasteiger partial charge in [-0.25, -0.2) is 4.98 Å². The Morgan fingerprint density at radius 3 is 1.58 bits per heavy atom. The van der Waals surface area contributed by atoms with E-state index in [2.05, 4.69) is 150 Å². The lowest BCUT2D eigenvalue weighted by Gasteiger charge is -2.26. The molecule has 0 amide bonds. The third-order valence-corrected chi connectivity index (χ3v) is 9.08. The molecular formula is C45H30N2O. The molecule has 0 unspecified atom stereocenters. The summed E-state index contributed by atoms with van der Waals surface area (Å²) >= 11 is 0. The zero-order chi connectivity index (χ0) is 31.9. The normalized spacial score (nSPS) is 11.3. The van der Waals surface area contributed by atoms with Crippen LogP contribution in [0.2, 0.25) is 0 Å². The molecule has 3 heteroatoms. The minimum absolute atomic E-state index is 0.643. The van der Waals surface area contributed by atoms with Crippen LogP contribution in [0.3, 0.4) is 0 Å². The summed E-state index contributed by atoms with van der Waals surface area (Å²) in [6.45, 7) is 0. The Kier molecular flexibility index (Phi) is 6.80. The maximum absolute atomic E-state index is 6.11. The Labute approximate surface area is 279 Å². The van der Waals surface area contributed by atoms with Crippen molar-refractivity contribution in [1.29, 1.82) is 0 Å². The van der Waals surface area contributed by atoms with Crippen LogP contribution < -0.4 is 4.90 Å². The van der Waals surface area contributed by atoms with Gasteiger partial charge >= 0.3 is 0 Å². The Balaban J connectivity index is 1.04. The molecular weight excluding hydrogens is 585 g/mol. The summed E-state index contributed by atoms with van der Waals surface area (Å²) < 4.78 is 6.11. The topological polar surface area (TPSA) is 29.3 Å². The Hall–Kier alpha value is -6.45. The lowest BCUT2D eigenvalue weighted by molar-refractivity contribution is 0.620. The molecule has 0 atom stereocenters. The number of fused-ring (bicyclic) bond motifs is 4. The van der Waals surface area contributed by atoms with Crippen molar-refractivity contribution < 1.29 is 4.42 Å². The fourth-order valence-electron chi connectivity index (χ4n) is 6.60. The van der Waals surface area contributed by atoms with Gasteiger partial charge in [-0.3, -0.25) is 0 Å². The minimum Gasteiger partial charge on any atom is -0.436 e. The molecule has 48 heavy (non-hydrogen) atoms. The molecule has 0 bridgehead atoms. The second kappa shape index (κ2) is 11.7. The van der Waals surface area contributed by atoms with Crippen LogP contribution in [0, 0.1) is 0 Å². The lowest BCUT2D eigenvalue weighted by Crippen LogP contribution is -2.09. The predicted octanol–water partition coefficient (Wildman–Crippen LogP) is 12.6. The van der Waals surface area contributed by atoms with Crippen molar-refractivity contribution in [3.05, 3.63) is 182 Å². The van der Waals surface area contributed by atoms with E-state index in [9.17, 15) is 0 Å². The van der Waals surface area contributed by atoms with Crippen molar-refractivity contribution in [2.45, 2.75) is 0 Å². The van der Waals surface area contributed by atoms with Crippen LogP contribution >= 0.6 is 0 Å². The summed E-state index contributed by atoms with van der Waals surface area (Å²) in [6.07, 6.45) is 0.